The molecule has 0 saturated carbocycles. The van der Waals surface area contributed by atoms with Gasteiger partial charge in [-0.2, -0.15) is 0 Å². The molecule has 0 fully saturated rings. The van der Waals surface area contributed by atoms with E-state index >= 15 is 0 Å². The molecule has 1 N–H and O–H groups in total. The maximum Gasteiger partial charge on any atom is 0.317 e. The number of nitrogens with one attached hydrogen (secondary N) is 1. The molecule has 104 valence electrons. The Kier molecular flexibility index (Phi) is 4.30. The van der Waals surface area contributed by atoms with Crippen molar-refractivity contribution in [3.05, 3.63) is 29.3 Å². The van der Waals surface area contributed by atoms with Crippen molar-refractivity contribution in [2.24, 2.45) is 5.92 Å². The number of benzene rings is 1. The predicted octanol–water partition coefficient (Wildman–Crippen LogP) is 2.77. The average molecular weight is 262 g/mol. The van der Waals surface area contributed by atoms with Crippen molar-refractivity contribution in [2.75, 3.05) is 13.7 Å². The first-order valence-corrected chi connectivity index (χ1v) is 6.81. The SMILES string of the molecule is CNC(=O)N1Cc2ccc(OCCC(C)C)cc2C1. The summed E-state index contributed by atoms with van der Waals surface area (Å²) in [6.45, 7) is 6.47. The summed E-state index contributed by atoms with van der Waals surface area (Å²) in [5.41, 5.74) is 2.39. The molecule has 1 aromatic rings. The molecule has 0 radical (unpaired) electrons. The Hall–Kier alpha value is -1.71. The molecule has 2 amide bonds. The highest BCUT2D eigenvalue weighted by molar-refractivity contribution is 5.74. The Morgan fingerprint density at radius 3 is 2.79 bits per heavy atom. The van der Waals surface area contributed by atoms with Crippen LogP contribution in [0.1, 0.15) is 31.4 Å². The fourth-order valence-electron chi connectivity index (χ4n) is 2.17. The topological polar surface area (TPSA) is 41.6 Å². The second-order valence-electron chi connectivity index (χ2n) is 5.37. The van der Waals surface area contributed by atoms with Crippen LogP contribution >= 0.6 is 0 Å². The highest BCUT2D eigenvalue weighted by Gasteiger charge is 2.22. The molecule has 1 aliphatic heterocycles. The van der Waals surface area contributed by atoms with Crippen LogP contribution in [0.25, 0.3) is 0 Å². The van der Waals surface area contributed by atoms with E-state index in [9.17, 15) is 4.79 Å². The molecule has 4 nitrogen and oxygen atoms in total. The maximum absolute atomic E-state index is 11.6. The first-order chi connectivity index (χ1) is 9.10. The van der Waals surface area contributed by atoms with Crippen LogP contribution in [0.15, 0.2) is 18.2 Å². The number of rotatable bonds is 4. The Bertz CT molecular complexity index is 457. The zero-order chi connectivity index (χ0) is 13.8. The fourth-order valence-corrected chi connectivity index (χ4v) is 2.17. The van der Waals surface area contributed by atoms with Crippen molar-refractivity contribution in [1.29, 1.82) is 0 Å². The summed E-state index contributed by atoms with van der Waals surface area (Å²) in [5.74, 6) is 1.55. The lowest BCUT2D eigenvalue weighted by molar-refractivity contribution is 0.201. The van der Waals surface area contributed by atoms with Crippen molar-refractivity contribution >= 4 is 6.03 Å². The fraction of sp³-hybridized carbons (Fsp3) is 0.533. The second kappa shape index (κ2) is 5.95. The van der Waals surface area contributed by atoms with E-state index in [2.05, 4.69) is 31.3 Å². The summed E-state index contributed by atoms with van der Waals surface area (Å²) in [7, 11) is 1.66. The van der Waals surface area contributed by atoms with Crippen molar-refractivity contribution in [2.45, 2.75) is 33.4 Å². The molecule has 1 aliphatic rings. The molecular weight excluding hydrogens is 240 g/mol. The summed E-state index contributed by atoms with van der Waals surface area (Å²) in [6.07, 6.45) is 1.06. The molecule has 19 heavy (non-hydrogen) atoms. The van der Waals surface area contributed by atoms with E-state index in [1.807, 2.05) is 6.07 Å². The number of urea groups is 1. The van der Waals surface area contributed by atoms with Crippen molar-refractivity contribution in [3.63, 3.8) is 0 Å². The normalized spacial score (nSPS) is 13.6. The third-order valence-electron chi connectivity index (χ3n) is 3.37. The Labute approximate surface area is 114 Å². The minimum atomic E-state index is -0.0292. The van der Waals surface area contributed by atoms with E-state index in [0.29, 0.717) is 19.0 Å². The van der Waals surface area contributed by atoms with E-state index in [-0.39, 0.29) is 6.03 Å². The summed E-state index contributed by atoms with van der Waals surface area (Å²) in [5, 5.41) is 2.66. The number of amides is 2. The van der Waals surface area contributed by atoms with Gasteiger partial charge in [-0.05, 0) is 35.6 Å². The number of carbonyl (C=O) groups excluding carboxylic acids is 1. The third-order valence-corrected chi connectivity index (χ3v) is 3.37. The van der Waals surface area contributed by atoms with Gasteiger partial charge in [0.2, 0.25) is 0 Å². The van der Waals surface area contributed by atoms with Gasteiger partial charge in [0.05, 0.1) is 6.61 Å². The highest BCUT2D eigenvalue weighted by atomic mass is 16.5. The molecule has 0 aromatic heterocycles. The summed E-state index contributed by atoms with van der Waals surface area (Å²) in [4.78, 5) is 13.4. The molecule has 1 heterocycles. The van der Waals surface area contributed by atoms with Gasteiger partial charge in [0, 0.05) is 20.1 Å². The van der Waals surface area contributed by atoms with Crippen LogP contribution < -0.4 is 10.1 Å². The Balaban J connectivity index is 1.97. The van der Waals surface area contributed by atoms with Crippen LogP contribution in [-0.4, -0.2) is 24.6 Å². The van der Waals surface area contributed by atoms with E-state index in [0.717, 1.165) is 18.8 Å². The smallest absolute Gasteiger partial charge is 0.317 e. The number of nitrogens with zero attached hydrogens (tertiary/aromatic N) is 1. The Morgan fingerprint density at radius 2 is 2.11 bits per heavy atom. The lowest BCUT2D eigenvalue weighted by Crippen LogP contribution is -2.33. The number of hydrogen-bond donors (Lipinski definition) is 1. The minimum Gasteiger partial charge on any atom is -0.494 e. The Morgan fingerprint density at radius 1 is 1.37 bits per heavy atom. The van der Waals surface area contributed by atoms with Gasteiger partial charge in [0.15, 0.2) is 0 Å². The van der Waals surface area contributed by atoms with Crippen LogP contribution in [-0.2, 0) is 13.1 Å². The van der Waals surface area contributed by atoms with Crippen molar-refractivity contribution < 1.29 is 9.53 Å². The standard InChI is InChI=1S/C15H22N2O2/c1-11(2)6-7-19-14-5-4-12-9-17(15(18)16-3)10-13(12)8-14/h4-5,8,11H,6-7,9-10H2,1-3H3,(H,16,18). The van der Waals surface area contributed by atoms with Crippen LogP contribution in [0.3, 0.4) is 0 Å². The van der Waals surface area contributed by atoms with E-state index < -0.39 is 0 Å². The zero-order valence-corrected chi connectivity index (χ0v) is 11.9. The van der Waals surface area contributed by atoms with Gasteiger partial charge in [-0.25, -0.2) is 4.79 Å². The average Bonchev–Trinajstić information content (AvgIpc) is 2.80. The monoisotopic (exact) mass is 262 g/mol. The van der Waals surface area contributed by atoms with Crippen molar-refractivity contribution in [1.82, 2.24) is 10.2 Å². The number of fused-ring (bicyclic) bond motifs is 1. The predicted molar refractivity (Wildman–Crippen MR) is 75.1 cm³/mol. The maximum atomic E-state index is 11.6. The summed E-state index contributed by atoms with van der Waals surface area (Å²) >= 11 is 0. The van der Waals surface area contributed by atoms with E-state index in [1.54, 1.807) is 11.9 Å². The van der Waals surface area contributed by atoms with Crippen LogP contribution in [0, 0.1) is 5.92 Å². The summed E-state index contributed by atoms with van der Waals surface area (Å²) < 4.78 is 5.75. The molecular formula is C15H22N2O2. The van der Waals surface area contributed by atoms with E-state index in [1.165, 1.54) is 11.1 Å². The van der Waals surface area contributed by atoms with Gasteiger partial charge >= 0.3 is 6.03 Å². The van der Waals surface area contributed by atoms with Crippen LogP contribution in [0.2, 0.25) is 0 Å². The lowest BCUT2D eigenvalue weighted by Gasteiger charge is -2.13. The van der Waals surface area contributed by atoms with Gasteiger partial charge in [0.25, 0.3) is 0 Å². The first kappa shape index (κ1) is 13.7. The first-order valence-electron chi connectivity index (χ1n) is 6.81. The molecule has 0 spiro atoms. The van der Waals surface area contributed by atoms with Gasteiger partial charge in [0.1, 0.15) is 5.75 Å². The van der Waals surface area contributed by atoms with Gasteiger partial charge in [-0.3, -0.25) is 0 Å². The minimum absolute atomic E-state index is 0.0292. The zero-order valence-electron chi connectivity index (χ0n) is 11.9. The quantitative estimate of drug-likeness (QED) is 0.906. The highest BCUT2D eigenvalue weighted by Crippen LogP contribution is 2.26. The lowest BCUT2D eigenvalue weighted by atomic mass is 10.1. The number of hydrogen-bond acceptors (Lipinski definition) is 2. The molecule has 0 bridgehead atoms. The second-order valence-corrected chi connectivity index (χ2v) is 5.37. The molecule has 0 unspecified atom stereocenters. The van der Waals surface area contributed by atoms with E-state index in [4.69, 9.17) is 4.74 Å². The van der Waals surface area contributed by atoms with Gasteiger partial charge < -0.3 is 15.0 Å². The number of carbonyl (C=O) groups is 1. The third kappa shape index (κ3) is 3.40. The molecule has 2 rings (SSSR count). The van der Waals surface area contributed by atoms with Crippen LogP contribution in [0.5, 0.6) is 5.75 Å². The summed E-state index contributed by atoms with van der Waals surface area (Å²) in [6, 6.07) is 6.08. The van der Waals surface area contributed by atoms with Crippen molar-refractivity contribution in [3.8, 4) is 5.75 Å². The molecule has 4 heteroatoms. The van der Waals surface area contributed by atoms with Crippen LogP contribution in [0.4, 0.5) is 4.79 Å². The molecule has 1 aromatic carbocycles. The molecule has 0 atom stereocenters. The molecule has 0 saturated heterocycles. The largest absolute Gasteiger partial charge is 0.494 e. The molecule has 0 aliphatic carbocycles. The van der Waals surface area contributed by atoms with Gasteiger partial charge in [-0.1, -0.05) is 19.9 Å². The van der Waals surface area contributed by atoms with Gasteiger partial charge in [-0.15, -0.1) is 0 Å². The number of ether oxygens (including phenoxy) is 1.